The first kappa shape index (κ1) is 19.7. The number of nitrogens with one attached hydrogen (secondary N) is 1. The predicted octanol–water partition coefficient (Wildman–Crippen LogP) is 2.18. The summed E-state index contributed by atoms with van der Waals surface area (Å²) in [4.78, 5) is 35.5. The number of aromatic nitrogens is 2. The summed E-state index contributed by atoms with van der Waals surface area (Å²) in [6.45, 7) is 3.20. The van der Waals surface area contributed by atoms with Crippen molar-refractivity contribution in [2.75, 3.05) is 0 Å². The molecule has 138 valence electrons. The Balaban J connectivity index is 2.22. The molecule has 0 radical (unpaired) electrons. The molecule has 2 rings (SSSR count). The highest BCUT2D eigenvalue weighted by atomic mass is 35.5. The van der Waals surface area contributed by atoms with Crippen LogP contribution in [0.25, 0.3) is 11.3 Å². The Labute approximate surface area is 155 Å². The number of benzene rings is 1. The number of carboxylic acids is 1. The van der Waals surface area contributed by atoms with Gasteiger partial charge in [0.1, 0.15) is 12.6 Å². The Hall–Kier alpha value is -2.67. The molecule has 8 heteroatoms. The van der Waals surface area contributed by atoms with Crippen molar-refractivity contribution in [3.05, 3.63) is 51.8 Å². The molecule has 0 aliphatic rings. The quantitative estimate of drug-likeness (QED) is 0.770. The molecule has 26 heavy (non-hydrogen) atoms. The van der Waals surface area contributed by atoms with Crippen molar-refractivity contribution >= 4 is 23.5 Å². The molecule has 0 aliphatic heterocycles. The minimum atomic E-state index is -1.11. The van der Waals surface area contributed by atoms with Gasteiger partial charge in [0.25, 0.3) is 5.56 Å². The summed E-state index contributed by atoms with van der Waals surface area (Å²) >= 11 is 6.14. The van der Waals surface area contributed by atoms with Crippen LogP contribution in [0.1, 0.15) is 20.3 Å². The Kier molecular flexibility index (Phi) is 6.52. The molecular weight excluding hydrogens is 358 g/mol. The van der Waals surface area contributed by atoms with Gasteiger partial charge in [-0.1, -0.05) is 50.1 Å². The zero-order valence-electron chi connectivity index (χ0n) is 14.5. The van der Waals surface area contributed by atoms with Crippen LogP contribution in [0, 0.1) is 5.92 Å². The molecule has 0 saturated carbocycles. The summed E-state index contributed by atoms with van der Waals surface area (Å²) < 4.78 is 0.990. The molecule has 1 aromatic heterocycles. The summed E-state index contributed by atoms with van der Waals surface area (Å²) in [7, 11) is 0. The fourth-order valence-electron chi connectivity index (χ4n) is 2.41. The highest BCUT2D eigenvalue weighted by Gasteiger charge is 2.25. The molecule has 0 bridgehead atoms. The van der Waals surface area contributed by atoms with Crippen LogP contribution >= 0.6 is 11.6 Å². The second kappa shape index (κ2) is 8.62. The monoisotopic (exact) mass is 377 g/mol. The predicted molar refractivity (Wildman–Crippen MR) is 98.0 cm³/mol. The Morgan fingerprint density at radius 2 is 1.96 bits per heavy atom. The van der Waals surface area contributed by atoms with Crippen LogP contribution in [-0.4, -0.2) is 32.8 Å². The van der Waals surface area contributed by atoms with Gasteiger partial charge in [0.15, 0.2) is 0 Å². The van der Waals surface area contributed by atoms with Crippen LogP contribution in [0.3, 0.4) is 0 Å². The number of nitrogens with zero attached hydrogens (tertiary/aromatic N) is 2. The lowest BCUT2D eigenvalue weighted by Gasteiger charge is -2.20. The summed E-state index contributed by atoms with van der Waals surface area (Å²) in [6.07, 6.45) is 0.595. The van der Waals surface area contributed by atoms with Crippen LogP contribution in [0.15, 0.2) is 41.2 Å². The van der Waals surface area contributed by atoms with Crippen molar-refractivity contribution in [2.24, 2.45) is 5.92 Å². The molecule has 0 unspecified atom stereocenters. The molecule has 7 nitrogen and oxygen atoms in total. The minimum absolute atomic E-state index is 0.240. The fraction of sp³-hybridized carbons (Fsp3) is 0.333. The largest absolute Gasteiger partial charge is 0.480 e. The highest BCUT2D eigenvalue weighted by molar-refractivity contribution is 6.33. The van der Waals surface area contributed by atoms with E-state index in [1.165, 1.54) is 12.1 Å². The van der Waals surface area contributed by atoms with Gasteiger partial charge in [-0.3, -0.25) is 9.59 Å². The number of aliphatic carboxylic acids is 1. The van der Waals surface area contributed by atoms with E-state index in [4.69, 9.17) is 11.6 Å². The standard InChI is InChI=1S/C18H20ClN3O4/c1-3-11(2)17(18(25)26)20-15(23)10-22-16(24)9-8-14(21-22)12-6-4-5-7-13(12)19/h4-9,11,17H,3,10H2,1-2H3,(H,20,23)(H,25,26)/t11-,17-/m1/s1. The summed E-state index contributed by atoms with van der Waals surface area (Å²) in [5.74, 6) is -1.95. The molecule has 0 fully saturated rings. The lowest BCUT2D eigenvalue weighted by Crippen LogP contribution is -2.47. The first-order valence-corrected chi connectivity index (χ1v) is 8.56. The first-order chi connectivity index (χ1) is 12.3. The van der Waals surface area contributed by atoms with Gasteiger partial charge in [0.2, 0.25) is 5.91 Å². The van der Waals surface area contributed by atoms with Gasteiger partial charge < -0.3 is 10.4 Å². The molecule has 0 spiro atoms. The Morgan fingerprint density at radius 3 is 2.58 bits per heavy atom. The van der Waals surface area contributed by atoms with E-state index in [1.807, 2.05) is 6.92 Å². The van der Waals surface area contributed by atoms with Crippen molar-refractivity contribution in [1.82, 2.24) is 15.1 Å². The van der Waals surface area contributed by atoms with Crippen molar-refractivity contribution < 1.29 is 14.7 Å². The maximum Gasteiger partial charge on any atom is 0.326 e. The third-order valence-corrected chi connectivity index (χ3v) is 4.43. The highest BCUT2D eigenvalue weighted by Crippen LogP contribution is 2.24. The van der Waals surface area contributed by atoms with Crippen LogP contribution in [0.4, 0.5) is 0 Å². The zero-order chi connectivity index (χ0) is 19.3. The zero-order valence-corrected chi connectivity index (χ0v) is 15.2. The third-order valence-electron chi connectivity index (χ3n) is 4.11. The van der Waals surface area contributed by atoms with Gasteiger partial charge in [-0.15, -0.1) is 0 Å². The first-order valence-electron chi connectivity index (χ1n) is 8.18. The number of carbonyl (C=O) groups is 2. The van der Waals surface area contributed by atoms with Crippen LogP contribution in [0.5, 0.6) is 0 Å². The molecule has 2 N–H and O–H groups in total. The number of hydrogen-bond acceptors (Lipinski definition) is 4. The maximum atomic E-state index is 12.2. The molecule has 2 atom stereocenters. The molecular formula is C18H20ClN3O4. The number of halogens is 1. The number of hydrogen-bond donors (Lipinski definition) is 2. The number of carboxylic acid groups (broad SMARTS) is 1. The molecule has 1 amide bonds. The SMILES string of the molecule is CC[C@@H](C)[C@@H](NC(=O)Cn1nc(-c2ccccc2Cl)ccc1=O)C(=O)O. The van der Waals surface area contributed by atoms with Crippen molar-refractivity contribution in [3.63, 3.8) is 0 Å². The van der Waals surface area contributed by atoms with Gasteiger partial charge in [-0.2, -0.15) is 5.10 Å². The van der Waals surface area contributed by atoms with E-state index in [2.05, 4.69) is 10.4 Å². The lowest BCUT2D eigenvalue weighted by molar-refractivity contribution is -0.143. The third kappa shape index (κ3) is 4.70. The van der Waals surface area contributed by atoms with Crippen LogP contribution in [-0.2, 0) is 16.1 Å². The molecule has 0 aliphatic carbocycles. The number of rotatable bonds is 7. The Morgan fingerprint density at radius 1 is 1.27 bits per heavy atom. The second-order valence-electron chi connectivity index (χ2n) is 5.96. The van der Waals surface area contributed by atoms with Crippen molar-refractivity contribution in [2.45, 2.75) is 32.9 Å². The average Bonchev–Trinajstić information content (AvgIpc) is 2.61. The molecule has 1 heterocycles. The van der Waals surface area contributed by atoms with Crippen LogP contribution in [0.2, 0.25) is 5.02 Å². The van der Waals surface area contributed by atoms with E-state index in [9.17, 15) is 19.5 Å². The topological polar surface area (TPSA) is 101 Å². The number of amides is 1. The summed E-state index contributed by atoms with van der Waals surface area (Å²) in [5.41, 5.74) is 0.609. The van der Waals surface area contributed by atoms with E-state index in [0.717, 1.165) is 4.68 Å². The smallest absolute Gasteiger partial charge is 0.326 e. The normalized spacial score (nSPS) is 13.0. The average molecular weight is 378 g/mol. The molecule has 2 aromatic rings. The molecule has 0 saturated heterocycles. The fourth-order valence-corrected chi connectivity index (χ4v) is 2.65. The van der Waals surface area contributed by atoms with Crippen molar-refractivity contribution in [3.8, 4) is 11.3 Å². The minimum Gasteiger partial charge on any atom is -0.480 e. The van der Waals surface area contributed by atoms with Crippen molar-refractivity contribution in [1.29, 1.82) is 0 Å². The van der Waals surface area contributed by atoms with Gasteiger partial charge in [-0.05, 0) is 18.1 Å². The number of carbonyl (C=O) groups excluding carboxylic acids is 1. The second-order valence-corrected chi connectivity index (χ2v) is 6.37. The maximum absolute atomic E-state index is 12.2. The van der Waals surface area contributed by atoms with E-state index in [0.29, 0.717) is 22.7 Å². The summed E-state index contributed by atoms with van der Waals surface area (Å²) in [5, 5.41) is 16.3. The van der Waals surface area contributed by atoms with E-state index in [1.54, 1.807) is 31.2 Å². The van der Waals surface area contributed by atoms with E-state index >= 15 is 0 Å². The lowest BCUT2D eigenvalue weighted by atomic mass is 9.99. The van der Waals surface area contributed by atoms with E-state index < -0.39 is 23.5 Å². The van der Waals surface area contributed by atoms with Gasteiger partial charge in [0.05, 0.1) is 10.7 Å². The van der Waals surface area contributed by atoms with Crippen LogP contribution < -0.4 is 10.9 Å². The Bertz CT molecular complexity index is 866. The molecule has 1 aromatic carbocycles. The van der Waals surface area contributed by atoms with Gasteiger partial charge >= 0.3 is 5.97 Å². The van der Waals surface area contributed by atoms with E-state index in [-0.39, 0.29) is 12.5 Å². The summed E-state index contributed by atoms with van der Waals surface area (Å²) in [6, 6.07) is 8.81. The van der Waals surface area contributed by atoms with Gasteiger partial charge in [0, 0.05) is 11.6 Å². The van der Waals surface area contributed by atoms with Gasteiger partial charge in [-0.25, -0.2) is 9.48 Å².